The van der Waals surface area contributed by atoms with Crippen LogP contribution in [0.25, 0.3) is 0 Å². The third-order valence-corrected chi connectivity index (χ3v) is 6.59. The first-order valence-electron chi connectivity index (χ1n) is 7.59. The van der Waals surface area contributed by atoms with Crippen molar-refractivity contribution in [2.75, 3.05) is 13.3 Å². The van der Waals surface area contributed by atoms with Crippen LogP contribution in [0.15, 0.2) is 24.3 Å². The molecule has 1 fully saturated rings. The second-order valence-electron chi connectivity index (χ2n) is 6.29. The number of benzene rings is 1. The number of hydrogen-bond donors (Lipinski definition) is 0. The summed E-state index contributed by atoms with van der Waals surface area (Å²) >= 11 is 0. The van der Waals surface area contributed by atoms with E-state index < -0.39 is 32.2 Å². The zero-order valence-electron chi connectivity index (χ0n) is 13.6. The van der Waals surface area contributed by atoms with Gasteiger partial charge in [-0.25, -0.2) is 8.42 Å². The topological polar surface area (TPSA) is 54.5 Å². The molecule has 1 aromatic carbocycles. The van der Waals surface area contributed by atoms with E-state index in [1.807, 2.05) is 0 Å². The standard InChI is InChI=1S/C16H20F3NO3S/c1-20(11-12-7-3-4-8-13(12)16(17,18)19)14(21)15(24(2,22)23)9-5-6-10-15/h3-4,7-8H,5-6,9-11H2,1-2H3. The molecule has 8 heteroatoms. The number of nitrogens with zero attached hydrogens (tertiary/aromatic N) is 1. The fourth-order valence-corrected chi connectivity index (χ4v) is 4.80. The van der Waals surface area contributed by atoms with Crippen molar-refractivity contribution in [1.29, 1.82) is 0 Å². The van der Waals surface area contributed by atoms with E-state index >= 15 is 0 Å². The fourth-order valence-electron chi connectivity index (χ4n) is 3.30. The molecule has 0 heterocycles. The van der Waals surface area contributed by atoms with Gasteiger partial charge in [-0.15, -0.1) is 0 Å². The highest BCUT2D eigenvalue weighted by Gasteiger charge is 2.51. The summed E-state index contributed by atoms with van der Waals surface area (Å²) in [7, 11) is -2.30. The van der Waals surface area contributed by atoms with Crippen molar-refractivity contribution in [2.24, 2.45) is 0 Å². The largest absolute Gasteiger partial charge is 0.416 e. The molecule has 0 N–H and O–H groups in total. The first kappa shape index (κ1) is 18.8. The number of carbonyl (C=O) groups excluding carboxylic acids is 1. The average Bonchev–Trinajstić information content (AvgIpc) is 2.96. The molecule has 0 atom stereocenters. The van der Waals surface area contributed by atoms with Crippen LogP contribution >= 0.6 is 0 Å². The van der Waals surface area contributed by atoms with E-state index in [2.05, 4.69) is 0 Å². The van der Waals surface area contributed by atoms with E-state index in [1.165, 1.54) is 25.2 Å². The van der Waals surface area contributed by atoms with Gasteiger partial charge in [-0.05, 0) is 24.5 Å². The van der Waals surface area contributed by atoms with Gasteiger partial charge >= 0.3 is 6.18 Å². The van der Waals surface area contributed by atoms with Crippen LogP contribution in [0, 0.1) is 0 Å². The summed E-state index contributed by atoms with van der Waals surface area (Å²) in [5, 5.41) is 0. The Balaban J connectivity index is 2.31. The Morgan fingerprint density at radius 1 is 1.21 bits per heavy atom. The number of alkyl halides is 3. The Hall–Kier alpha value is -1.57. The number of rotatable bonds is 4. The monoisotopic (exact) mass is 363 g/mol. The summed E-state index contributed by atoms with van der Waals surface area (Å²) < 4.78 is 62.0. The van der Waals surface area contributed by atoms with Crippen LogP contribution in [-0.2, 0) is 27.4 Å². The predicted octanol–water partition coefficient (Wildman–Crippen LogP) is 3.02. The SMILES string of the molecule is CN(Cc1ccccc1C(F)(F)F)C(=O)C1(S(C)(=O)=O)CCCC1. The van der Waals surface area contributed by atoms with Crippen molar-refractivity contribution in [3.8, 4) is 0 Å². The molecule has 0 radical (unpaired) electrons. The molecule has 134 valence electrons. The molecule has 0 bridgehead atoms. The van der Waals surface area contributed by atoms with Crippen LogP contribution in [0.1, 0.15) is 36.8 Å². The van der Waals surface area contributed by atoms with Gasteiger partial charge in [0.15, 0.2) is 14.6 Å². The zero-order valence-corrected chi connectivity index (χ0v) is 14.4. The average molecular weight is 363 g/mol. The van der Waals surface area contributed by atoms with Crippen molar-refractivity contribution < 1.29 is 26.4 Å². The molecular weight excluding hydrogens is 343 g/mol. The summed E-state index contributed by atoms with van der Waals surface area (Å²) in [4.78, 5) is 13.8. The zero-order chi connectivity index (χ0) is 18.2. The van der Waals surface area contributed by atoms with E-state index in [9.17, 15) is 26.4 Å². The van der Waals surface area contributed by atoms with E-state index in [1.54, 1.807) is 0 Å². The minimum absolute atomic E-state index is 0.0532. The molecule has 0 aromatic heterocycles. The summed E-state index contributed by atoms with van der Waals surface area (Å²) in [5.74, 6) is -0.625. The van der Waals surface area contributed by atoms with Crippen molar-refractivity contribution in [2.45, 2.75) is 43.2 Å². The van der Waals surface area contributed by atoms with Crippen molar-refractivity contribution in [3.63, 3.8) is 0 Å². The molecule has 2 rings (SSSR count). The normalized spacial score (nSPS) is 17.7. The van der Waals surface area contributed by atoms with Gasteiger partial charge in [0.05, 0.1) is 5.56 Å². The number of halogens is 3. The lowest BCUT2D eigenvalue weighted by atomic mass is 10.0. The van der Waals surface area contributed by atoms with Gasteiger partial charge in [0.2, 0.25) is 5.91 Å². The van der Waals surface area contributed by atoms with Crippen molar-refractivity contribution in [1.82, 2.24) is 4.90 Å². The van der Waals surface area contributed by atoms with Gasteiger partial charge < -0.3 is 4.90 Å². The van der Waals surface area contributed by atoms with Crippen LogP contribution in [0.5, 0.6) is 0 Å². The third-order valence-electron chi connectivity index (χ3n) is 4.59. The maximum absolute atomic E-state index is 13.1. The molecule has 4 nitrogen and oxygen atoms in total. The lowest BCUT2D eigenvalue weighted by Crippen LogP contribution is -2.50. The van der Waals surface area contributed by atoms with Crippen molar-refractivity contribution >= 4 is 15.7 Å². The Morgan fingerprint density at radius 3 is 2.25 bits per heavy atom. The van der Waals surface area contributed by atoms with Gasteiger partial charge in [0.1, 0.15) is 0 Å². The third kappa shape index (κ3) is 3.43. The Bertz CT molecular complexity index is 722. The van der Waals surface area contributed by atoms with E-state index in [4.69, 9.17) is 0 Å². The first-order chi connectivity index (χ1) is 11.0. The lowest BCUT2D eigenvalue weighted by Gasteiger charge is -2.31. The molecule has 1 aliphatic rings. The smallest absolute Gasteiger partial charge is 0.340 e. The molecule has 1 aliphatic carbocycles. The number of carbonyl (C=O) groups is 1. The Labute approximate surface area is 139 Å². The first-order valence-corrected chi connectivity index (χ1v) is 9.48. The van der Waals surface area contributed by atoms with Gasteiger partial charge in [-0.3, -0.25) is 4.79 Å². The highest BCUT2D eigenvalue weighted by atomic mass is 32.2. The minimum atomic E-state index is -4.53. The maximum Gasteiger partial charge on any atom is 0.416 e. The highest BCUT2D eigenvalue weighted by Crippen LogP contribution is 2.39. The van der Waals surface area contributed by atoms with Gasteiger partial charge in [-0.1, -0.05) is 31.0 Å². The Morgan fingerprint density at radius 2 is 1.75 bits per heavy atom. The van der Waals surface area contributed by atoms with Gasteiger partial charge in [0, 0.05) is 19.8 Å². The van der Waals surface area contributed by atoms with Crippen LogP contribution in [0.3, 0.4) is 0 Å². The summed E-state index contributed by atoms with van der Waals surface area (Å²) in [5.41, 5.74) is -0.869. The predicted molar refractivity (Wildman–Crippen MR) is 84.0 cm³/mol. The van der Waals surface area contributed by atoms with Gasteiger partial charge in [0.25, 0.3) is 0 Å². The fraction of sp³-hybridized carbons (Fsp3) is 0.562. The summed E-state index contributed by atoms with van der Waals surface area (Å²) in [6, 6.07) is 5.00. The molecule has 1 amide bonds. The van der Waals surface area contributed by atoms with Crippen LogP contribution in [-0.4, -0.2) is 37.3 Å². The lowest BCUT2D eigenvalue weighted by molar-refractivity contribution is -0.140. The molecule has 0 unspecified atom stereocenters. The molecule has 0 aliphatic heterocycles. The molecule has 0 saturated heterocycles. The van der Waals surface area contributed by atoms with Crippen LogP contribution < -0.4 is 0 Å². The Kier molecular flexibility index (Phi) is 4.99. The molecule has 1 aromatic rings. The van der Waals surface area contributed by atoms with E-state index in [-0.39, 0.29) is 24.9 Å². The van der Waals surface area contributed by atoms with Crippen molar-refractivity contribution in [3.05, 3.63) is 35.4 Å². The number of sulfone groups is 1. The molecular formula is C16H20F3NO3S. The minimum Gasteiger partial charge on any atom is -0.340 e. The molecule has 24 heavy (non-hydrogen) atoms. The highest BCUT2D eigenvalue weighted by molar-refractivity contribution is 7.92. The molecule has 0 spiro atoms. The maximum atomic E-state index is 13.1. The van der Waals surface area contributed by atoms with Crippen LogP contribution in [0.2, 0.25) is 0 Å². The van der Waals surface area contributed by atoms with E-state index in [0.717, 1.165) is 17.2 Å². The number of hydrogen-bond acceptors (Lipinski definition) is 3. The second-order valence-corrected chi connectivity index (χ2v) is 8.62. The summed E-state index contributed by atoms with van der Waals surface area (Å²) in [6.45, 7) is -0.286. The molecule has 1 saturated carbocycles. The number of amides is 1. The van der Waals surface area contributed by atoms with Gasteiger partial charge in [-0.2, -0.15) is 13.2 Å². The quantitative estimate of drug-likeness (QED) is 0.826. The second kappa shape index (κ2) is 6.38. The van der Waals surface area contributed by atoms with Crippen LogP contribution in [0.4, 0.5) is 13.2 Å². The summed E-state index contributed by atoms with van der Waals surface area (Å²) in [6.07, 6.45) is -1.83. The van der Waals surface area contributed by atoms with E-state index in [0.29, 0.717) is 12.8 Å².